The molecule has 0 amide bonds. The van der Waals surface area contributed by atoms with E-state index < -0.39 is 0 Å². The molecule has 0 aliphatic carbocycles. The molecule has 0 N–H and O–H groups in total. The summed E-state index contributed by atoms with van der Waals surface area (Å²) in [5, 5.41) is 0.447. The first-order valence-electron chi connectivity index (χ1n) is 7.12. The van der Waals surface area contributed by atoms with Crippen molar-refractivity contribution in [3.05, 3.63) is 46.4 Å². The summed E-state index contributed by atoms with van der Waals surface area (Å²) >= 11 is 6.12. The maximum atomic E-state index is 6.12. The quantitative estimate of drug-likeness (QED) is 0.741. The monoisotopic (exact) mass is 304 g/mol. The van der Waals surface area contributed by atoms with Gasteiger partial charge in [-0.2, -0.15) is 4.98 Å². The molecule has 0 atom stereocenters. The zero-order chi connectivity index (χ0) is 15.6. The van der Waals surface area contributed by atoms with E-state index in [9.17, 15) is 0 Å². The van der Waals surface area contributed by atoms with Gasteiger partial charge in [0.1, 0.15) is 16.7 Å². The van der Waals surface area contributed by atoms with Crippen molar-refractivity contribution in [2.75, 3.05) is 0 Å². The van der Waals surface area contributed by atoms with E-state index in [1.807, 2.05) is 26.0 Å². The standard InChI is InChI=1S/C17H21ClN2O/c1-6-14-19-15(18)11(2)16(20-14)21-13-9-7-12(8-10-13)17(3,4)5/h7-10H,6H2,1-5H3. The SMILES string of the molecule is CCc1nc(Cl)c(C)c(Oc2ccc(C(C)(C)C)cc2)n1. The Morgan fingerprint density at radius 1 is 1.10 bits per heavy atom. The predicted molar refractivity (Wildman–Crippen MR) is 86.4 cm³/mol. The van der Waals surface area contributed by atoms with E-state index in [4.69, 9.17) is 16.3 Å². The lowest BCUT2D eigenvalue weighted by molar-refractivity contribution is 0.453. The van der Waals surface area contributed by atoms with Crippen LogP contribution in [0, 0.1) is 6.92 Å². The van der Waals surface area contributed by atoms with Crippen molar-refractivity contribution in [2.24, 2.45) is 0 Å². The number of nitrogens with zero attached hydrogens (tertiary/aromatic N) is 2. The number of hydrogen-bond acceptors (Lipinski definition) is 3. The van der Waals surface area contributed by atoms with Crippen LogP contribution < -0.4 is 4.74 Å². The van der Waals surface area contributed by atoms with Crippen molar-refractivity contribution in [3.63, 3.8) is 0 Å². The van der Waals surface area contributed by atoms with Gasteiger partial charge in [0.15, 0.2) is 0 Å². The largest absolute Gasteiger partial charge is 0.439 e. The fourth-order valence-corrected chi connectivity index (χ4v) is 2.08. The van der Waals surface area contributed by atoms with Gasteiger partial charge < -0.3 is 4.74 Å². The van der Waals surface area contributed by atoms with E-state index in [1.165, 1.54) is 5.56 Å². The number of aryl methyl sites for hydroxylation is 1. The molecule has 3 nitrogen and oxygen atoms in total. The summed E-state index contributed by atoms with van der Waals surface area (Å²) < 4.78 is 5.86. The Labute approximate surface area is 131 Å². The third kappa shape index (κ3) is 3.73. The topological polar surface area (TPSA) is 35.0 Å². The average molecular weight is 305 g/mol. The maximum Gasteiger partial charge on any atom is 0.226 e. The van der Waals surface area contributed by atoms with Crippen LogP contribution in [0.2, 0.25) is 5.15 Å². The Bertz CT molecular complexity index is 630. The molecule has 1 heterocycles. The third-order valence-corrected chi connectivity index (χ3v) is 3.71. The summed E-state index contributed by atoms with van der Waals surface area (Å²) in [6.07, 6.45) is 0.722. The van der Waals surface area contributed by atoms with E-state index in [0.717, 1.165) is 17.7 Å². The lowest BCUT2D eigenvalue weighted by Gasteiger charge is -2.19. The van der Waals surface area contributed by atoms with Crippen LogP contribution in [0.25, 0.3) is 0 Å². The molecule has 0 fully saturated rings. The molecule has 0 unspecified atom stereocenters. The van der Waals surface area contributed by atoms with Crippen LogP contribution in [0.1, 0.15) is 44.6 Å². The number of benzene rings is 1. The molecule has 0 spiro atoms. The lowest BCUT2D eigenvalue weighted by Crippen LogP contribution is -2.10. The molecular weight excluding hydrogens is 284 g/mol. The molecule has 0 radical (unpaired) electrons. The Balaban J connectivity index is 2.28. The van der Waals surface area contributed by atoms with Crippen molar-refractivity contribution in [2.45, 2.75) is 46.5 Å². The van der Waals surface area contributed by atoms with Crippen LogP contribution in [0.3, 0.4) is 0 Å². The fourth-order valence-electron chi connectivity index (χ4n) is 1.90. The van der Waals surface area contributed by atoms with Gasteiger partial charge in [-0.25, -0.2) is 4.98 Å². The van der Waals surface area contributed by atoms with Crippen LogP contribution in [0.4, 0.5) is 0 Å². The van der Waals surface area contributed by atoms with Crippen molar-refractivity contribution in [1.82, 2.24) is 9.97 Å². The minimum atomic E-state index is 0.127. The predicted octanol–water partition coefficient (Wildman–Crippen LogP) is 5.09. The highest BCUT2D eigenvalue weighted by molar-refractivity contribution is 6.30. The minimum Gasteiger partial charge on any atom is -0.439 e. The first kappa shape index (κ1) is 15.8. The third-order valence-electron chi connectivity index (χ3n) is 3.34. The second-order valence-corrected chi connectivity index (χ2v) is 6.45. The first-order valence-corrected chi connectivity index (χ1v) is 7.50. The van der Waals surface area contributed by atoms with Crippen LogP contribution in [-0.2, 0) is 11.8 Å². The molecular formula is C17H21ClN2O. The Morgan fingerprint density at radius 2 is 1.71 bits per heavy atom. The van der Waals surface area contributed by atoms with E-state index in [-0.39, 0.29) is 5.41 Å². The number of rotatable bonds is 3. The molecule has 1 aromatic carbocycles. The summed E-state index contributed by atoms with van der Waals surface area (Å²) in [7, 11) is 0. The highest BCUT2D eigenvalue weighted by Gasteiger charge is 2.14. The number of hydrogen-bond donors (Lipinski definition) is 0. The van der Waals surface area contributed by atoms with Crippen molar-refractivity contribution in [3.8, 4) is 11.6 Å². The molecule has 0 bridgehead atoms. The highest BCUT2D eigenvalue weighted by Crippen LogP contribution is 2.29. The van der Waals surface area contributed by atoms with Crippen molar-refractivity contribution < 1.29 is 4.74 Å². The maximum absolute atomic E-state index is 6.12. The van der Waals surface area contributed by atoms with Crippen LogP contribution in [-0.4, -0.2) is 9.97 Å². The zero-order valence-electron chi connectivity index (χ0n) is 13.2. The smallest absolute Gasteiger partial charge is 0.226 e. The van der Waals surface area contributed by atoms with Crippen LogP contribution in [0.15, 0.2) is 24.3 Å². The number of ether oxygens (including phenoxy) is 1. The Hall–Kier alpha value is -1.61. The van der Waals surface area contributed by atoms with Gasteiger partial charge in [-0.05, 0) is 30.0 Å². The van der Waals surface area contributed by atoms with E-state index >= 15 is 0 Å². The zero-order valence-corrected chi connectivity index (χ0v) is 14.0. The first-order chi connectivity index (χ1) is 9.81. The number of halogens is 1. The summed E-state index contributed by atoms with van der Waals surface area (Å²) in [6.45, 7) is 10.4. The molecule has 0 saturated carbocycles. The molecule has 1 aromatic heterocycles. The summed E-state index contributed by atoms with van der Waals surface area (Å²) in [6, 6.07) is 8.08. The second kappa shape index (κ2) is 6.02. The highest BCUT2D eigenvalue weighted by atomic mass is 35.5. The summed E-state index contributed by atoms with van der Waals surface area (Å²) in [5.74, 6) is 1.96. The van der Waals surface area contributed by atoms with Gasteiger partial charge in [-0.15, -0.1) is 0 Å². The second-order valence-electron chi connectivity index (χ2n) is 6.09. The summed E-state index contributed by atoms with van der Waals surface area (Å²) in [5.41, 5.74) is 2.15. The van der Waals surface area contributed by atoms with Gasteiger partial charge in [-0.3, -0.25) is 0 Å². The van der Waals surface area contributed by atoms with Gasteiger partial charge in [0.2, 0.25) is 5.88 Å². The number of aromatic nitrogens is 2. The molecule has 4 heteroatoms. The minimum absolute atomic E-state index is 0.127. The van der Waals surface area contributed by atoms with Gasteiger partial charge in [0, 0.05) is 12.0 Å². The normalized spacial score (nSPS) is 11.5. The molecule has 2 aromatic rings. The van der Waals surface area contributed by atoms with Gasteiger partial charge in [0.05, 0.1) is 0 Å². The molecule has 0 aliphatic rings. The van der Waals surface area contributed by atoms with Gasteiger partial charge in [0.25, 0.3) is 0 Å². The van der Waals surface area contributed by atoms with Crippen molar-refractivity contribution >= 4 is 11.6 Å². The van der Waals surface area contributed by atoms with E-state index in [2.05, 4.69) is 42.9 Å². The van der Waals surface area contributed by atoms with Gasteiger partial charge >= 0.3 is 0 Å². The molecule has 112 valence electrons. The van der Waals surface area contributed by atoms with Crippen LogP contribution in [0.5, 0.6) is 11.6 Å². The van der Waals surface area contributed by atoms with Gasteiger partial charge in [-0.1, -0.05) is 51.4 Å². The lowest BCUT2D eigenvalue weighted by atomic mass is 9.87. The Morgan fingerprint density at radius 3 is 2.24 bits per heavy atom. The van der Waals surface area contributed by atoms with E-state index in [0.29, 0.717) is 16.9 Å². The molecule has 0 saturated heterocycles. The van der Waals surface area contributed by atoms with Crippen molar-refractivity contribution in [1.29, 1.82) is 0 Å². The fraction of sp³-hybridized carbons (Fsp3) is 0.412. The molecule has 0 aliphatic heterocycles. The van der Waals surface area contributed by atoms with Crippen LogP contribution >= 0.6 is 11.6 Å². The molecule has 2 rings (SSSR count). The Kier molecular flexibility index (Phi) is 4.52. The molecule has 21 heavy (non-hydrogen) atoms. The summed E-state index contributed by atoms with van der Waals surface area (Å²) in [4.78, 5) is 8.61. The van der Waals surface area contributed by atoms with E-state index in [1.54, 1.807) is 0 Å². The average Bonchev–Trinajstić information content (AvgIpc) is 2.43.